The SMILES string of the molecule is O=C(O)C1C=CC=CC1(F)[N+](=O)[O-]. The molecule has 0 saturated heterocycles. The Balaban J connectivity index is 3.07. The molecule has 1 aliphatic carbocycles. The van der Waals surface area contributed by atoms with E-state index in [2.05, 4.69) is 0 Å². The van der Waals surface area contributed by atoms with Crippen molar-refractivity contribution in [3.05, 3.63) is 34.4 Å². The molecule has 1 aliphatic rings. The van der Waals surface area contributed by atoms with E-state index in [0.29, 0.717) is 6.08 Å². The molecule has 0 saturated carbocycles. The van der Waals surface area contributed by atoms with Gasteiger partial charge in [-0.3, -0.25) is 14.9 Å². The minimum atomic E-state index is -3.03. The summed E-state index contributed by atoms with van der Waals surface area (Å²) in [6, 6.07) is 0. The number of rotatable bonds is 2. The first-order valence-corrected chi connectivity index (χ1v) is 3.40. The van der Waals surface area contributed by atoms with E-state index >= 15 is 0 Å². The van der Waals surface area contributed by atoms with E-state index in [0.717, 1.165) is 12.2 Å². The maximum absolute atomic E-state index is 13.4. The van der Waals surface area contributed by atoms with E-state index in [4.69, 9.17) is 5.11 Å². The second-order valence-electron chi connectivity index (χ2n) is 2.54. The third kappa shape index (κ3) is 1.42. The number of carboxylic acids is 1. The predicted octanol–water partition coefficient (Wildman–Crippen LogP) is 0.756. The molecule has 5 nitrogen and oxygen atoms in total. The number of aliphatic carboxylic acids is 1. The standard InChI is InChI=1S/C7H6FNO4/c8-7(9(12)13)4-2-1-3-5(7)6(10)11/h1-5H,(H,10,11). The highest BCUT2D eigenvalue weighted by Gasteiger charge is 2.52. The molecule has 6 heteroatoms. The molecule has 0 bridgehead atoms. The summed E-state index contributed by atoms with van der Waals surface area (Å²) in [6.07, 6.45) is 3.96. The second-order valence-corrected chi connectivity index (χ2v) is 2.54. The third-order valence-corrected chi connectivity index (χ3v) is 1.73. The van der Waals surface area contributed by atoms with Crippen molar-refractivity contribution in [2.45, 2.75) is 5.79 Å². The Kier molecular flexibility index (Phi) is 2.14. The zero-order valence-corrected chi connectivity index (χ0v) is 6.38. The van der Waals surface area contributed by atoms with E-state index in [1.807, 2.05) is 0 Å². The minimum Gasteiger partial charge on any atom is -0.480 e. The molecule has 0 radical (unpaired) electrons. The van der Waals surface area contributed by atoms with Gasteiger partial charge in [0.05, 0.1) is 4.92 Å². The van der Waals surface area contributed by atoms with Crippen LogP contribution in [0.1, 0.15) is 0 Å². The summed E-state index contributed by atoms with van der Waals surface area (Å²) >= 11 is 0. The largest absolute Gasteiger partial charge is 0.480 e. The van der Waals surface area contributed by atoms with Crippen LogP contribution in [-0.4, -0.2) is 21.8 Å². The van der Waals surface area contributed by atoms with Gasteiger partial charge in [0.2, 0.25) is 0 Å². The van der Waals surface area contributed by atoms with Crippen LogP contribution in [0.5, 0.6) is 0 Å². The zero-order valence-electron chi connectivity index (χ0n) is 6.38. The summed E-state index contributed by atoms with van der Waals surface area (Å²) in [6.45, 7) is 0. The third-order valence-electron chi connectivity index (χ3n) is 1.73. The number of carboxylic acid groups (broad SMARTS) is 1. The van der Waals surface area contributed by atoms with E-state index < -0.39 is 22.6 Å². The molecule has 0 aromatic heterocycles. The van der Waals surface area contributed by atoms with Crippen LogP contribution in [0.3, 0.4) is 0 Å². The molecule has 0 amide bonds. The molecule has 0 fully saturated rings. The fourth-order valence-electron chi connectivity index (χ4n) is 1.03. The molecule has 0 spiro atoms. The van der Waals surface area contributed by atoms with Gasteiger partial charge in [0.25, 0.3) is 0 Å². The zero-order chi connectivity index (χ0) is 10.1. The molecular weight excluding hydrogens is 181 g/mol. The lowest BCUT2D eigenvalue weighted by molar-refractivity contribution is -0.595. The smallest absolute Gasteiger partial charge is 0.394 e. The first-order valence-electron chi connectivity index (χ1n) is 3.40. The van der Waals surface area contributed by atoms with Crippen LogP contribution in [-0.2, 0) is 4.79 Å². The van der Waals surface area contributed by atoms with Gasteiger partial charge >= 0.3 is 11.8 Å². The molecule has 0 aromatic rings. The van der Waals surface area contributed by atoms with Crippen molar-refractivity contribution in [3.63, 3.8) is 0 Å². The monoisotopic (exact) mass is 187 g/mol. The molecule has 1 N–H and O–H groups in total. The lowest BCUT2D eigenvalue weighted by Crippen LogP contribution is -2.43. The topological polar surface area (TPSA) is 80.4 Å². The van der Waals surface area contributed by atoms with Gasteiger partial charge in [0, 0.05) is 6.08 Å². The van der Waals surface area contributed by atoms with Crippen LogP contribution in [0.25, 0.3) is 0 Å². The van der Waals surface area contributed by atoms with E-state index in [9.17, 15) is 19.3 Å². The molecule has 0 aliphatic heterocycles. The maximum atomic E-state index is 13.4. The first kappa shape index (κ1) is 9.37. The van der Waals surface area contributed by atoms with Gasteiger partial charge in [-0.05, 0) is 0 Å². The maximum Gasteiger partial charge on any atom is 0.394 e. The van der Waals surface area contributed by atoms with Crippen LogP contribution in [0, 0.1) is 16.0 Å². The number of hydrogen-bond acceptors (Lipinski definition) is 3. The molecule has 1 rings (SSSR count). The summed E-state index contributed by atoms with van der Waals surface area (Å²) in [5, 5.41) is 18.8. The number of halogens is 1. The van der Waals surface area contributed by atoms with Crippen molar-refractivity contribution in [1.29, 1.82) is 0 Å². The van der Waals surface area contributed by atoms with Crippen LogP contribution in [0.2, 0.25) is 0 Å². The Morgan fingerprint density at radius 2 is 2.23 bits per heavy atom. The molecule has 2 atom stereocenters. The fourth-order valence-corrected chi connectivity index (χ4v) is 1.03. The van der Waals surface area contributed by atoms with Crippen LogP contribution < -0.4 is 0 Å². The van der Waals surface area contributed by atoms with Crippen LogP contribution in [0.4, 0.5) is 4.39 Å². The van der Waals surface area contributed by atoms with Gasteiger partial charge in [-0.15, -0.1) is 0 Å². The number of hydrogen-bond donors (Lipinski definition) is 1. The number of carbonyl (C=O) groups is 1. The van der Waals surface area contributed by atoms with Crippen LogP contribution >= 0.6 is 0 Å². The average molecular weight is 187 g/mol. The van der Waals surface area contributed by atoms with Crippen LogP contribution in [0.15, 0.2) is 24.3 Å². The summed E-state index contributed by atoms with van der Waals surface area (Å²) < 4.78 is 13.4. The molecule has 13 heavy (non-hydrogen) atoms. The van der Waals surface area contributed by atoms with E-state index in [1.165, 1.54) is 6.08 Å². The average Bonchev–Trinajstić information content (AvgIpc) is 2.04. The van der Waals surface area contributed by atoms with Crippen molar-refractivity contribution in [1.82, 2.24) is 0 Å². The van der Waals surface area contributed by atoms with Crippen molar-refractivity contribution < 1.29 is 19.2 Å². The minimum absolute atomic E-state index is 0.631. The summed E-state index contributed by atoms with van der Waals surface area (Å²) in [7, 11) is 0. The van der Waals surface area contributed by atoms with Gasteiger partial charge in [0.1, 0.15) is 0 Å². The normalized spacial score (nSPS) is 31.6. The fraction of sp³-hybridized carbons (Fsp3) is 0.286. The van der Waals surface area contributed by atoms with Crippen molar-refractivity contribution >= 4 is 5.97 Å². The van der Waals surface area contributed by atoms with Gasteiger partial charge in [-0.1, -0.05) is 18.2 Å². The lowest BCUT2D eigenvalue weighted by atomic mass is 9.93. The van der Waals surface area contributed by atoms with Gasteiger partial charge in [-0.25, -0.2) is 0 Å². The van der Waals surface area contributed by atoms with Crippen molar-refractivity contribution in [2.24, 2.45) is 5.92 Å². The van der Waals surface area contributed by atoms with E-state index in [1.54, 1.807) is 0 Å². The highest BCUT2D eigenvalue weighted by molar-refractivity contribution is 5.74. The number of allylic oxidation sites excluding steroid dienone is 2. The van der Waals surface area contributed by atoms with Gasteiger partial charge in [-0.2, -0.15) is 4.39 Å². The Morgan fingerprint density at radius 3 is 2.62 bits per heavy atom. The Bertz CT molecular complexity index is 312. The highest BCUT2D eigenvalue weighted by atomic mass is 19.1. The van der Waals surface area contributed by atoms with Gasteiger partial charge < -0.3 is 5.11 Å². The molecule has 0 aromatic carbocycles. The summed E-state index contributed by atoms with van der Waals surface area (Å²) in [4.78, 5) is 19.5. The number of nitrogens with zero attached hydrogens (tertiary/aromatic N) is 1. The van der Waals surface area contributed by atoms with E-state index in [-0.39, 0.29) is 0 Å². The van der Waals surface area contributed by atoms with Crippen molar-refractivity contribution in [3.8, 4) is 0 Å². The number of nitro groups is 1. The molecular formula is C7H6FNO4. The number of alkyl halides is 1. The first-order chi connectivity index (χ1) is 5.98. The highest BCUT2D eigenvalue weighted by Crippen LogP contribution is 2.29. The summed E-state index contributed by atoms with van der Waals surface area (Å²) in [5.41, 5.74) is 0. The lowest BCUT2D eigenvalue weighted by Gasteiger charge is -2.19. The quantitative estimate of drug-likeness (QED) is 0.393. The van der Waals surface area contributed by atoms with Gasteiger partial charge in [0.15, 0.2) is 5.92 Å². The summed E-state index contributed by atoms with van der Waals surface area (Å²) in [5.74, 6) is -6.34. The Morgan fingerprint density at radius 1 is 1.62 bits per heavy atom. The predicted molar refractivity (Wildman–Crippen MR) is 40.2 cm³/mol. The van der Waals surface area contributed by atoms with Crippen molar-refractivity contribution in [2.75, 3.05) is 0 Å². The second kappa shape index (κ2) is 2.96. The molecule has 2 unspecified atom stereocenters. The Labute approximate surface area is 72.3 Å². The molecule has 0 heterocycles. The molecule has 70 valence electrons. The Hall–Kier alpha value is -1.72.